The smallest absolute Gasteiger partial charge is 0.254 e. The van der Waals surface area contributed by atoms with E-state index in [4.69, 9.17) is 11.6 Å². The first-order valence-electron chi connectivity index (χ1n) is 6.89. The highest BCUT2D eigenvalue weighted by atomic mass is 35.5. The number of rotatable bonds is 3. The summed E-state index contributed by atoms with van der Waals surface area (Å²) in [4.78, 5) is 16.6. The Morgan fingerprint density at radius 2 is 2.14 bits per heavy atom. The lowest BCUT2D eigenvalue weighted by Gasteiger charge is -2.10. The zero-order valence-electron chi connectivity index (χ0n) is 12.3. The predicted molar refractivity (Wildman–Crippen MR) is 85.1 cm³/mol. The summed E-state index contributed by atoms with van der Waals surface area (Å²) >= 11 is 6.18. The Morgan fingerprint density at radius 3 is 2.91 bits per heavy atom. The van der Waals surface area contributed by atoms with Crippen LogP contribution in [0, 0.1) is 13.8 Å². The molecule has 0 saturated heterocycles. The molecule has 3 rings (SSSR count). The van der Waals surface area contributed by atoms with Gasteiger partial charge in [-0.3, -0.25) is 4.79 Å². The van der Waals surface area contributed by atoms with Gasteiger partial charge in [0.2, 0.25) is 0 Å². The van der Waals surface area contributed by atoms with Gasteiger partial charge in [-0.15, -0.1) is 0 Å². The van der Waals surface area contributed by atoms with Crippen LogP contribution < -0.4 is 5.32 Å². The second-order valence-electron chi connectivity index (χ2n) is 5.14. The van der Waals surface area contributed by atoms with Crippen LogP contribution in [0.25, 0.3) is 5.65 Å². The van der Waals surface area contributed by atoms with E-state index in [1.165, 1.54) is 0 Å². The van der Waals surface area contributed by atoms with E-state index in [9.17, 15) is 4.79 Å². The number of carbonyl (C=O) groups is 1. The molecule has 5 nitrogen and oxygen atoms in total. The fourth-order valence-corrected chi connectivity index (χ4v) is 2.58. The van der Waals surface area contributed by atoms with Gasteiger partial charge < -0.3 is 5.32 Å². The van der Waals surface area contributed by atoms with Crippen molar-refractivity contribution >= 4 is 23.2 Å². The lowest BCUT2D eigenvalue weighted by Crippen LogP contribution is -2.25. The van der Waals surface area contributed by atoms with Crippen molar-refractivity contribution in [3.05, 3.63) is 64.1 Å². The van der Waals surface area contributed by atoms with Crippen molar-refractivity contribution in [2.75, 3.05) is 0 Å². The fourth-order valence-electron chi connectivity index (χ4n) is 2.28. The number of halogens is 1. The maximum absolute atomic E-state index is 12.3. The summed E-state index contributed by atoms with van der Waals surface area (Å²) in [5.41, 5.74) is 3.94. The van der Waals surface area contributed by atoms with Gasteiger partial charge in [-0.1, -0.05) is 23.7 Å². The second kappa shape index (κ2) is 5.77. The molecule has 0 radical (unpaired) electrons. The van der Waals surface area contributed by atoms with Crippen LogP contribution in [0.3, 0.4) is 0 Å². The molecule has 0 saturated carbocycles. The van der Waals surface area contributed by atoms with E-state index in [-0.39, 0.29) is 5.91 Å². The molecule has 0 unspecified atom stereocenters. The van der Waals surface area contributed by atoms with E-state index in [1.54, 1.807) is 23.0 Å². The molecule has 2 heterocycles. The Bertz CT molecular complexity index is 856. The maximum atomic E-state index is 12.3. The van der Waals surface area contributed by atoms with Crippen LogP contribution >= 0.6 is 11.6 Å². The number of aryl methyl sites for hydroxylation is 2. The lowest BCUT2D eigenvalue weighted by atomic mass is 10.1. The molecule has 0 atom stereocenters. The normalized spacial score (nSPS) is 10.9. The van der Waals surface area contributed by atoms with E-state index < -0.39 is 0 Å². The van der Waals surface area contributed by atoms with Gasteiger partial charge in [0.05, 0.1) is 17.5 Å². The minimum atomic E-state index is -0.195. The average Bonchev–Trinajstić information content (AvgIpc) is 2.96. The van der Waals surface area contributed by atoms with Crippen molar-refractivity contribution in [2.45, 2.75) is 20.4 Å². The molecule has 1 aromatic carbocycles. The Balaban J connectivity index is 1.80. The number of carbonyl (C=O) groups excluding carboxylic acids is 1. The van der Waals surface area contributed by atoms with Crippen molar-refractivity contribution in [2.24, 2.45) is 0 Å². The Hall–Kier alpha value is -2.40. The highest BCUT2D eigenvalue weighted by molar-refractivity contribution is 6.31. The zero-order chi connectivity index (χ0) is 15.7. The molecule has 1 amide bonds. The number of hydrogen-bond donors (Lipinski definition) is 1. The quantitative estimate of drug-likeness (QED) is 0.808. The summed E-state index contributed by atoms with van der Waals surface area (Å²) in [6, 6.07) is 7.56. The molecule has 112 valence electrons. The summed E-state index contributed by atoms with van der Waals surface area (Å²) in [6.45, 7) is 4.19. The first-order chi connectivity index (χ1) is 10.6. The van der Waals surface area contributed by atoms with E-state index >= 15 is 0 Å². The van der Waals surface area contributed by atoms with Crippen molar-refractivity contribution in [1.82, 2.24) is 19.9 Å². The number of hydrogen-bond acceptors (Lipinski definition) is 3. The molecule has 0 aliphatic rings. The number of fused-ring (bicyclic) bond motifs is 1. The molecular weight excluding hydrogens is 300 g/mol. The Kier molecular flexibility index (Phi) is 3.81. The van der Waals surface area contributed by atoms with Gasteiger partial charge >= 0.3 is 0 Å². The van der Waals surface area contributed by atoms with Crippen LogP contribution in [-0.2, 0) is 6.54 Å². The monoisotopic (exact) mass is 314 g/mol. The number of aromatic nitrogens is 3. The predicted octanol–water partition coefficient (Wildman–Crippen LogP) is 2.93. The minimum absolute atomic E-state index is 0.195. The largest absolute Gasteiger partial charge is 0.348 e. The van der Waals surface area contributed by atoms with Crippen LogP contribution in [0.4, 0.5) is 0 Å². The maximum Gasteiger partial charge on any atom is 0.254 e. The van der Waals surface area contributed by atoms with Gasteiger partial charge in [0, 0.05) is 23.8 Å². The van der Waals surface area contributed by atoms with Gasteiger partial charge in [0.1, 0.15) is 0 Å². The van der Waals surface area contributed by atoms with Crippen molar-refractivity contribution in [3.8, 4) is 0 Å². The van der Waals surface area contributed by atoms with Gasteiger partial charge in [0.15, 0.2) is 5.65 Å². The first-order valence-corrected chi connectivity index (χ1v) is 7.26. The molecule has 3 aromatic rings. The molecule has 22 heavy (non-hydrogen) atoms. The SMILES string of the molecule is Cc1ccc(CNC(=O)c2cnc3ccnn3c2C)c(Cl)c1. The van der Waals surface area contributed by atoms with E-state index in [0.717, 1.165) is 22.5 Å². The third-order valence-electron chi connectivity index (χ3n) is 3.55. The van der Waals surface area contributed by atoms with Crippen molar-refractivity contribution < 1.29 is 4.79 Å². The molecule has 6 heteroatoms. The molecule has 0 spiro atoms. The molecule has 0 bridgehead atoms. The van der Waals surface area contributed by atoms with Crippen LogP contribution in [0.2, 0.25) is 5.02 Å². The van der Waals surface area contributed by atoms with E-state index in [2.05, 4.69) is 15.4 Å². The number of amides is 1. The van der Waals surface area contributed by atoms with E-state index in [0.29, 0.717) is 17.1 Å². The Morgan fingerprint density at radius 1 is 1.32 bits per heavy atom. The number of nitrogens with zero attached hydrogens (tertiary/aromatic N) is 3. The summed E-state index contributed by atoms with van der Waals surface area (Å²) in [7, 11) is 0. The molecule has 0 aliphatic carbocycles. The first kappa shape index (κ1) is 14.5. The summed E-state index contributed by atoms with van der Waals surface area (Å²) in [5.74, 6) is -0.195. The van der Waals surface area contributed by atoms with Crippen LogP contribution in [0.15, 0.2) is 36.7 Å². The number of nitrogens with one attached hydrogen (secondary N) is 1. The minimum Gasteiger partial charge on any atom is -0.348 e. The van der Waals surface area contributed by atoms with Gasteiger partial charge in [-0.05, 0) is 31.0 Å². The van der Waals surface area contributed by atoms with Crippen LogP contribution in [0.1, 0.15) is 27.2 Å². The molecule has 0 aliphatic heterocycles. The average molecular weight is 315 g/mol. The Labute approximate surface area is 132 Å². The van der Waals surface area contributed by atoms with E-state index in [1.807, 2.05) is 32.0 Å². The van der Waals surface area contributed by atoms with Gasteiger partial charge in [-0.25, -0.2) is 9.50 Å². The number of benzene rings is 1. The van der Waals surface area contributed by atoms with Crippen LogP contribution in [0.5, 0.6) is 0 Å². The standard InChI is InChI=1S/C16H15ClN4O/c1-10-3-4-12(14(17)7-10)8-19-16(22)13-9-18-15-5-6-20-21(15)11(13)2/h3-7,9H,8H2,1-2H3,(H,19,22). The third-order valence-corrected chi connectivity index (χ3v) is 3.90. The zero-order valence-corrected chi connectivity index (χ0v) is 13.1. The van der Waals surface area contributed by atoms with Gasteiger partial charge in [0.25, 0.3) is 5.91 Å². The van der Waals surface area contributed by atoms with Crippen LogP contribution in [-0.4, -0.2) is 20.5 Å². The summed E-state index contributed by atoms with van der Waals surface area (Å²) in [5, 5.41) is 7.68. The van der Waals surface area contributed by atoms with Crippen molar-refractivity contribution in [3.63, 3.8) is 0 Å². The molecule has 1 N–H and O–H groups in total. The lowest BCUT2D eigenvalue weighted by molar-refractivity contribution is 0.0949. The second-order valence-corrected chi connectivity index (χ2v) is 5.54. The highest BCUT2D eigenvalue weighted by Crippen LogP contribution is 2.17. The molecular formula is C16H15ClN4O. The summed E-state index contributed by atoms with van der Waals surface area (Å²) < 4.78 is 1.65. The summed E-state index contributed by atoms with van der Waals surface area (Å²) in [6.07, 6.45) is 3.22. The fraction of sp³-hybridized carbons (Fsp3) is 0.188. The van der Waals surface area contributed by atoms with Gasteiger partial charge in [-0.2, -0.15) is 5.10 Å². The van der Waals surface area contributed by atoms with Crippen molar-refractivity contribution in [1.29, 1.82) is 0 Å². The third kappa shape index (κ3) is 2.67. The molecule has 0 fully saturated rings. The highest BCUT2D eigenvalue weighted by Gasteiger charge is 2.13. The topological polar surface area (TPSA) is 59.3 Å². The molecule has 2 aromatic heterocycles.